The minimum atomic E-state index is 0.584. The van der Waals surface area contributed by atoms with Crippen molar-refractivity contribution in [1.29, 1.82) is 0 Å². The third kappa shape index (κ3) is 1.62. The maximum absolute atomic E-state index is 5.57. The molecule has 0 saturated heterocycles. The van der Waals surface area contributed by atoms with E-state index in [0.717, 1.165) is 12.2 Å². The van der Waals surface area contributed by atoms with Gasteiger partial charge < -0.3 is 16.4 Å². The van der Waals surface area contributed by atoms with Gasteiger partial charge in [0.15, 0.2) is 0 Å². The van der Waals surface area contributed by atoms with Crippen molar-refractivity contribution in [2.45, 2.75) is 0 Å². The number of nitrogens with zero attached hydrogens (tertiary/aromatic N) is 2. The molecule has 5 heteroatoms. The lowest BCUT2D eigenvalue weighted by atomic mass is 10.4. The molecule has 1 aromatic rings. The summed E-state index contributed by atoms with van der Waals surface area (Å²) in [5, 5.41) is 6.45. The first kappa shape index (κ1) is 7.87. The monoisotopic (exact) mass is 155 g/mol. The van der Waals surface area contributed by atoms with Crippen molar-refractivity contribution in [3.05, 3.63) is 6.20 Å². The molecule has 0 fully saturated rings. The first-order chi connectivity index (χ1) is 5.25. The summed E-state index contributed by atoms with van der Waals surface area (Å²) in [5.74, 6) is 0.584. The number of aromatic amines is 1. The summed E-state index contributed by atoms with van der Waals surface area (Å²) in [7, 11) is 1.92. The molecule has 0 aliphatic rings. The van der Waals surface area contributed by atoms with Gasteiger partial charge in [-0.25, -0.2) is 0 Å². The molecule has 62 valence electrons. The second-order valence-electron chi connectivity index (χ2n) is 2.38. The molecule has 0 amide bonds. The van der Waals surface area contributed by atoms with Crippen molar-refractivity contribution >= 4 is 11.5 Å². The molecule has 5 nitrogen and oxygen atoms in total. The summed E-state index contributed by atoms with van der Waals surface area (Å²) in [6.07, 6.45) is 1.69. The van der Waals surface area contributed by atoms with E-state index >= 15 is 0 Å². The van der Waals surface area contributed by atoms with Crippen molar-refractivity contribution in [3.8, 4) is 0 Å². The van der Waals surface area contributed by atoms with Crippen molar-refractivity contribution in [3.63, 3.8) is 0 Å². The molecule has 0 spiro atoms. The Balaban J connectivity index is 2.67. The first-order valence-corrected chi connectivity index (χ1v) is 3.45. The number of nitrogen functional groups attached to an aromatic ring is 1. The summed E-state index contributed by atoms with van der Waals surface area (Å²) >= 11 is 0. The van der Waals surface area contributed by atoms with Gasteiger partial charge in [0, 0.05) is 20.1 Å². The van der Waals surface area contributed by atoms with Crippen molar-refractivity contribution < 1.29 is 0 Å². The number of hydrogen-bond donors (Lipinski definition) is 3. The fourth-order valence-corrected chi connectivity index (χ4v) is 0.908. The molecule has 0 aliphatic carbocycles. The van der Waals surface area contributed by atoms with Gasteiger partial charge in [0.25, 0.3) is 0 Å². The van der Waals surface area contributed by atoms with E-state index in [0.29, 0.717) is 12.4 Å². The van der Waals surface area contributed by atoms with Crippen LogP contribution in [0.15, 0.2) is 6.20 Å². The highest BCUT2D eigenvalue weighted by Crippen LogP contribution is 2.16. The molecular formula is C6H13N5. The van der Waals surface area contributed by atoms with Crippen LogP contribution < -0.4 is 16.4 Å². The molecular weight excluding hydrogens is 142 g/mol. The predicted molar refractivity (Wildman–Crippen MR) is 45.3 cm³/mol. The Hall–Kier alpha value is -1.23. The lowest BCUT2D eigenvalue weighted by Gasteiger charge is -2.15. The standard InChI is InChI=1S/C6H13N5/c1-11(3-2-7)5-4-9-10-6(5)8/h4H,2-3,7H2,1H3,(H3,8,9,10). The number of rotatable bonds is 3. The molecule has 1 aromatic heterocycles. The summed E-state index contributed by atoms with van der Waals surface area (Å²) < 4.78 is 0. The van der Waals surface area contributed by atoms with E-state index in [2.05, 4.69) is 10.2 Å². The minimum absolute atomic E-state index is 0.584. The first-order valence-electron chi connectivity index (χ1n) is 3.45. The van der Waals surface area contributed by atoms with Gasteiger partial charge in [-0.15, -0.1) is 0 Å². The predicted octanol–water partition coefficient (Wildman–Crippen LogP) is -0.613. The SMILES string of the molecule is CN(CCN)c1cn[nH]c1N. The van der Waals surface area contributed by atoms with Gasteiger partial charge in [-0.3, -0.25) is 5.10 Å². The summed E-state index contributed by atoms with van der Waals surface area (Å²) in [5.41, 5.74) is 11.8. The van der Waals surface area contributed by atoms with Crippen molar-refractivity contribution in [1.82, 2.24) is 10.2 Å². The van der Waals surface area contributed by atoms with Crippen LogP contribution in [0.1, 0.15) is 0 Å². The fraction of sp³-hybridized carbons (Fsp3) is 0.500. The lowest BCUT2D eigenvalue weighted by molar-refractivity contribution is 0.887. The van der Waals surface area contributed by atoms with Gasteiger partial charge in [-0.1, -0.05) is 0 Å². The van der Waals surface area contributed by atoms with Crippen LogP contribution in [-0.4, -0.2) is 30.3 Å². The number of aromatic nitrogens is 2. The molecule has 0 bridgehead atoms. The van der Waals surface area contributed by atoms with Crippen LogP contribution in [0.2, 0.25) is 0 Å². The molecule has 0 unspecified atom stereocenters. The zero-order chi connectivity index (χ0) is 8.27. The van der Waals surface area contributed by atoms with Crippen LogP contribution in [0.25, 0.3) is 0 Å². The lowest BCUT2D eigenvalue weighted by Crippen LogP contribution is -2.25. The summed E-state index contributed by atoms with van der Waals surface area (Å²) in [6, 6.07) is 0. The molecule has 5 N–H and O–H groups in total. The second kappa shape index (κ2) is 3.25. The molecule has 0 aliphatic heterocycles. The van der Waals surface area contributed by atoms with Crippen LogP contribution in [0.5, 0.6) is 0 Å². The molecule has 1 rings (SSSR count). The zero-order valence-corrected chi connectivity index (χ0v) is 6.54. The molecule has 0 saturated carbocycles. The van der Waals surface area contributed by atoms with Gasteiger partial charge in [-0.2, -0.15) is 5.10 Å². The largest absolute Gasteiger partial charge is 0.382 e. The Morgan fingerprint density at radius 2 is 2.45 bits per heavy atom. The van der Waals surface area contributed by atoms with Crippen LogP contribution >= 0.6 is 0 Å². The third-order valence-electron chi connectivity index (χ3n) is 1.52. The Morgan fingerprint density at radius 3 is 2.91 bits per heavy atom. The van der Waals surface area contributed by atoms with Gasteiger partial charge >= 0.3 is 0 Å². The van der Waals surface area contributed by atoms with Crippen LogP contribution in [-0.2, 0) is 0 Å². The Labute approximate surface area is 65.4 Å². The minimum Gasteiger partial charge on any atom is -0.382 e. The van der Waals surface area contributed by atoms with E-state index < -0.39 is 0 Å². The van der Waals surface area contributed by atoms with E-state index in [1.165, 1.54) is 0 Å². The van der Waals surface area contributed by atoms with E-state index in [1.807, 2.05) is 11.9 Å². The average molecular weight is 155 g/mol. The summed E-state index contributed by atoms with van der Waals surface area (Å²) in [6.45, 7) is 1.39. The van der Waals surface area contributed by atoms with E-state index in [1.54, 1.807) is 6.20 Å². The van der Waals surface area contributed by atoms with Crippen LogP contribution in [0.3, 0.4) is 0 Å². The highest BCUT2D eigenvalue weighted by Gasteiger charge is 2.04. The third-order valence-corrected chi connectivity index (χ3v) is 1.52. The van der Waals surface area contributed by atoms with Gasteiger partial charge in [0.2, 0.25) is 0 Å². The van der Waals surface area contributed by atoms with Gasteiger partial charge in [0.1, 0.15) is 5.82 Å². The van der Waals surface area contributed by atoms with Gasteiger partial charge in [0.05, 0.1) is 11.9 Å². The smallest absolute Gasteiger partial charge is 0.142 e. The highest BCUT2D eigenvalue weighted by molar-refractivity contribution is 5.61. The summed E-state index contributed by atoms with van der Waals surface area (Å²) in [4.78, 5) is 1.96. The zero-order valence-electron chi connectivity index (χ0n) is 6.54. The molecule has 1 heterocycles. The van der Waals surface area contributed by atoms with Crippen LogP contribution in [0.4, 0.5) is 11.5 Å². The second-order valence-corrected chi connectivity index (χ2v) is 2.38. The van der Waals surface area contributed by atoms with Crippen molar-refractivity contribution in [2.75, 3.05) is 30.8 Å². The average Bonchev–Trinajstić information content (AvgIpc) is 2.36. The molecule has 0 radical (unpaired) electrons. The molecule has 0 atom stereocenters. The topological polar surface area (TPSA) is 84.0 Å². The molecule has 11 heavy (non-hydrogen) atoms. The quantitative estimate of drug-likeness (QED) is 0.543. The Morgan fingerprint density at radius 1 is 1.73 bits per heavy atom. The van der Waals surface area contributed by atoms with Crippen molar-refractivity contribution in [2.24, 2.45) is 5.73 Å². The van der Waals surface area contributed by atoms with Crippen LogP contribution in [0, 0.1) is 0 Å². The maximum atomic E-state index is 5.57. The van der Waals surface area contributed by atoms with E-state index in [4.69, 9.17) is 11.5 Å². The maximum Gasteiger partial charge on any atom is 0.142 e. The normalized spacial score (nSPS) is 10.0. The highest BCUT2D eigenvalue weighted by atomic mass is 15.2. The number of hydrogen-bond acceptors (Lipinski definition) is 4. The number of likely N-dealkylation sites (N-methyl/N-ethyl adjacent to an activating group) is 1. The number of anilines is 2. The Bertz CT molecular complexity index is 219. The van der Waals surface area contributed by atoms with Gasteiger partial charge in [-0.05, 0) is 0 Å². The Kier molecular flexibility index (Phi) is 2.32. The number of nitrogens with one attached hydrogen (secondary N) is 1. The number of H-pyrrole nitrogens is 1. The van der Waals surface area contributed by atoms with E-state index in [-0.39, 0.29) is 0 Å². The fourth-order valence-electron chi connectivity index (χ4n) is 0.908. The molecule has 0 aromatic carbocycles. The number of nitrogens with two attached hydrogens (primary N) is 2. The van der Waals surface area contributed by atoms with E-state index in [9.17, 15) is 0 Å².